The number of halogens is 1. The summed E-state index contributed by atoms with van der Waals surface area (Å²) in [5, 5.41) is 10.6. The van der Waals surface area contributed by atoms with Crippen molar-refractivity contribution in [1.82, 2.24) is 4.98 Å². The van der Waals surface area contributed by atoms with Crippen molar-refractivity contribution >= 4 is 11.6 Å². The van der Waals surface area contributed by atoms with E-state index in [0.29, 0.717) is 11.4 Å². The molecule has 0 fully saturated rings. The zero-order valence-corrected chi connectivity index (χ0v) is 14.8. The molecule has 25 heavy (non-hydrogen) atoms. The molecular weight excluding hydrogens is 328 g/mol. The third-order valence-corrected chi connectivity index (χ3v) is 4.88. The van der Waals surface area contributed by atoms with Crippen LogP contribution in [0.25, 0.3) is 0 Å². The van der Waals surface area contributed by atoms with Crippen LogP contribution < -0.4 is 0 Å². The van der Waals surface area contributed by atoms with Crippen molar-refractivity contribution in [2.45, 2.75) is 24.7 Å². The van der Waals surface area contributed by atoms with Crippen molar-refractivity contribution in [3.8, 4) is 6.07 Å². The first-order valence-electron chi connectivity index (χ1n) is 8.24. The van der Waals surface area contributed by atoms with Crippen molar-refractivity contribution in [3.05, 3.63) is 101 Å². The first-order valence-corrected chi connectivity index (χ1v) is 8.62. The number of aromatic nitrogens is 1. The van der Waals surface area contributed by atoms with E-state index in [1.165, 1.54) is 0 Å². The lowest BCUT2D eigenvalue weighted by molar-refractivity contribution is 0.513. The van der Waals surface area contributed by atoms with E-state index in [2.05, 4.69) is 17.1 Å². The molecule has 0 aliphatic carbocycles. The third kappa shape index (κ3) is 3.90. The number of nitriles is 1. The number of rotatable bonds is 5. The molecular formula is C22H19ClN2. The molecule has 3 rings (SSSR count). The standard InChI is InChI=1S/C22H19ClN2/c1-22(16-24,19-7-3-2-4-8-19)14-21(18-6-5-13-25-15-18)17-9-11-20(23)12-10-17/h2-13,15,21H,14H2,1H3. The highest BCUT2D eigenvalue weighted by Gasteiger charge is 2.31. The van der Waals surface area contributed by atoms with Crippen molar-refractivity contribution in [2.24, 2.45) is 0 Å². The van der Waals surface area contributed by atoms with Gasteiger partial charge in [-0.2, -0.15) is 5.26 Å². The number of hydrogen-bond donors (Lipinski definition) is 0. The summed E-state index contributed by atoms with van der Waals surface area (Å²) in [6.07, 6.45) is 4.31. The van der Waals surface area contributed by atoms with Crippen LogP contribution in [0.3, 0.4) is 0 Å². The largest absolute Gasteiger partial charge is 0.264 e. The maximum atomic E-state index is 9.94. The summed E-state index contributed by atoms with van der Waals surface area (Å²) in [5.41, 5.74) is 2.67. The lowest BCUT2D eigenvalue weighted by Crippen LogP contribution is -2.23. The van der Waals surface area contributed by atoms with E-state index >= 15 is 0 Å². The van der Waals surface area contributed by atoms with Crippen molar-refractivity contribution in [1.29, 1.82) is 5.26 Å². The van der Waals surface area contributed by atoms with Gasteiger partial charge in [0.05, 0.1) is 11.5 Å². The van der Waals surface area contributed by atoms with Crippen LogP contribution >= 0.6 is 11.6 Å². The zero-order chi connectivity index (χ0) is 17.7. The predicted molar refractivity (Wildman–Crippen MR) is 102 cm³/mol. The molecule has 0 radical (unpaired) electrons. The lowest BCUT2D eigenvalue weighted by Gasteiger charge is -2.28. The maximum Gasteiger partial charge on any atom is 0.0803 e. The highest BCUT2D eigenvalue weighted by molar-refractivity contribution is 6.30. The van der Waals surface area contributed by atoms with Crippen LogP contribution in [-0.4, -0.2) is 4.98 Å². The zero-order valence-electron chi connectivity index (χ0n) is 14.1. The Bertz CT molecular complexity index is 854. The average molecular weight is 347 g/mol. The van der Waals surface area contributed by atoms with Crippen LogP contribution in [0, 0.1) is 11.3 Å². The SMILES string of the molecule is CC(C#N)(CC(c1ccc(Cl)cc1)c1cccnc1)c1ccccc1. The van der Waals surface area contributed by atoms with Gasteiger partial charge in [-0.3, -0.25) is 4.98 Å². The molecule has 124 valence electrons. The van der Waals surface area contributed by atoms with Gasteiger partial charge in [0.15, 0.2) is 0 Å². The van der Waals surface area contributed by atoms with Crippen LogP contribution in [-0.2, 0) is 5.41 Å². The van der Waals surface area contributed by atoms with E-state index in [0.717, 1.165) is 16.7 Å². The van der Waals surface area contributed by atoms with Gasteiger partial charge < -0.3 is 0 Å². The summed E-state index contributed by atoms with van der Waals surface area (Å²) in [4.78, 5) is 4.27. The summed E-state index contributed by atoms with van der Waals surface area (Å²) in [5.74, 6) is 0.0656. The predicted octanol–water partition coefficient (Wildman–Crippen LogP) is 5.74. The molecule has 3 heteroatoms. The molecule has 2 aromatic carbocycles. The van der Waals surface area contributed by atoms with E-state index in [1.54, 1.807) is 6.20 Å². The Morgan fingerprint density at radius 2 is 1.72 bits per heavy atom. The van der Waals surface area contributed by atoms with Gasteiger partial charge in [-0.25, -0.2) is 0 Å². The van der Waals surface area contributed by atoms with Gasteiger partial charge in [0.25, 0.3) is 0 Å². The van der Waals surface area contributed by atoms with Crippen LogP contribution in [0.2, 0.25) is 5.02 Å². The Morgan fingerprint density at radius 3 is 2.32 bits per heavy atom. The van der Waals surface area contributed by atoms with Crippen LogP contribution in [0.15, 0.2) is 79.1 Å². The summed E-state index contributed by atoms with van der Waals surface area (Å²) in [6.45, 7) is 2.00. The Morgan fingerprint density at radius 1 is 1.00 bits per heavy atom. The minimum Gasteiger partial charge on any atom is -0.264 e. The van der Waals surface area contributed by atoms with Crippen molar-refractivity contribution in [3.63, 3.8) is 0 Å². The van der Waals surface area contributed by atoms with Crippen molar-refractivity contribution in [2.75, 3.05) is 0 Å². The van der Waals surface area contributed by atoms with Gasteiger partial charge in [0.1, 0.15) is 0 Å². The summed E-state index contributed by atoms with van der Waals surface area (Å²) in [7, 11) is 0. The van der Waals surface area contributed by atoms with E-state index in [9.17, 15) is 5.26 Å². The molecule has 0 aliphatic heterocycles. The normalized spacial score (nSPS) is 14.3. The second-order valence-corrected chi connectivity index (χ2v) is 6.84. The number of pyridine rings is 1. The summed E-state index contributed by atoms with van der Waals surface area (Å²) >= 11 is 6.05. The van der Waals surface area contributed by atoms with Crippen LogP contribution in [0.4, 0.5) is 0 Å². The fourth-order valence-electron chi connectivity index (χ4n) is 3.15. The quantitative estimate of drug-likeness (QED) is 0.590. The van der Waals surface area contributed by atoms with Gasteiger partial charge in [-0.05, 0) is 48.2 Å². The van der Waals surface area contributed by atoms with Gasteiger partial charge in [-0.15, -0.1) is 0 Å². The van der Waals surface area contributed by atoms with Crippen molar-refractivity contribution < 1.29 is 0 Å². The van der Waals surface area contributed by atoms with Gasteiger partial charge in [0.2, 0.25) is 0 Å². The monoisotopic (exact) mass is 346 g/mol. The Kier molecular flexibility index (Phi) is 5.16. The fraction of sp³-hybridized carbons (Fsp3) is 0.182. The van der Waals surface area contributed by atoms with Gasteiger partial charge in [-0.1, -0.05) is 60.1 Å². The molecule has 2 unspecified atom stereocenters. The molecule has 0 saturated heterocycles. The first kappa shape index (κ1) is 17.2. The molecule has 0 N–H and O–H groups in total. The molecule has 2 atom stereocenters. The third-order valence-electron chi connectivity index (χ3n) is 4.63. The lowest BCUT2D eigenvalue weighted by atomic mass is 9.73. The number of hydrogen-bond acceptors (Lipinski definition) is 2. The molecule has 0 spiro atoms. The second kappa shape index (κ2) is 7.51. The van der Waals surface area contributed by atoms with E-state index in [4.69, 9.17) is 11.6 Å². The second-order valence-electron chi connectivity index (χ2n) is 6.40. The molecule has 0 amide bonds. The molecule has 1 aromatic heterocycles. The van der Waals surface area contributed by atoms with Gasteiger partial charge >= 0.3 is 0 Å². The van der Waals surface area contributed by atoms with E-state index in [-0.39, 0.29) is 5.92 Å². The van der Waals surface area contributed by atoms with Crippen LogP contribution in [0.1, 0.15) is 36.0 Å². The minimum absolute atomic E-state index is 0.0656. The smallest absolute Gasteiger partial charge is 0.0803 e. The molecule has 0 aliphatic rings. The molecule has 0 saturated carbocycles. The van der Waals surface area contributed by atoms with E-state index < -0.39 is 5.41 Å². The average Bonchev–Trinajstić information content (AvgIpc) is 2.68. The minimum atomic E-state index is -0.596. The summed E-state index contributed by atoms with van der Waals surface area (Å²) in [6, 6.07) is 24.3. The maximum absolute atomic E-state index is 9.94. The van der Waals surface area contributed by atoms with Gasteiger partial charge in [0, 0.05) is 23.3 Å². The summed E-state index contributed by atoms with van der Waals surface area (Å²) < 4.78 is 0. The fourth-order valence-corrected chi connectivity index (χ4v) is 3.27. The first-order chi connectivity index (χ1) is 12.1. The Hall–Kier alpha value is -2.63. The molecule has 0 bridgehead atoms. The van der Waals surface area contributed by atoms with E-state index in [1.807, 2.05) is 73.8 Å². The molecule has 2 nitrogen and oxygen atoms in total. The number of benzene rings is 2. The Balaban J connectivity index is 2.03. The molecule has 3 aromatic rings. The Labute approximate surface area is 153 Å². The topological polar surface area (TPSA) is 36.7 Å². The highest BCUT2D eigenvalue weighted by Crippen LogP contribution is 2.38. The number of nitrogens with zero attached hydrogens (tertiary/aromatic N) is 2. The van der Waals surface area contributed by atoms with Crippen LogP contribution in [0.5, 0.6) is 0 Å². The highest BCUT2D eigenvalue weighted by atomic mass is 35.5. The molecule has 1 heterocycles.